The van der Waals surface area contributed by atoms with Crippen LogP contribution in [0.1, 0.15) is 65.1 Å². The van der Waals surface area contributed by atoms with Crippen LogP contribution in [-0.2, 0) is 19.3 Å². The minimum absolute atomic E-state index is 0.203. The lowest BCUT2D eigenvalue weighted by atomic mass is 9.85. The Morgan fingerprint density at radius 2 is 1.66 bits per heavy atom. The molecule has 0 bridgehead atoms. The molecule has 0 amide bonds. The Bertz CT molecular complexity index is 1180. The maximum Gasteiger partial charge on any atom is 0.0906 e. The zero-order valence-electron chi connectivity index (χ0n) is 21.3. The predicted octanol–water partition coefficient (Wildman–Crippen LogP) is 7.69. The van der Waals surface area contributed by atoms with Crippen molar-refractivity contribution >= 4 is 11.1 Å². The number of alkyl halides is 1. The Balaban J connectivity index is 1.47. The summed E-state index contributed by atoms with van der Waals surface area (Å²) >= 11 is 0. The van der Waals surface area contributed by atoms with Gasteiger partial charge in [0.2, 0.25) is 0 Å². The number of rotatable bonds is 8. The van der Waals surface area contributed by atoms with Gasteiger partial charge in [0.25, 0.3) is 0 Å². The molecule has 182 valence electrons. The topological polar surface area (TPSA) is 3.24 Å². The molecule has 1 fully saturated rings. The van der Waals surface area contributed by atoms with Gasteiger partial charge in [-0.2, -0.15) is 0 Å². The molecule has 1 nitrogen and oxygen atoms in total. The second-order valence-corrected chi connectivity index (χ2v) is 10.4. The van der Waals surface area contributed by atoms with Crippen LogP contribution in [0.2, 0.25) is 0 Å². The summed E-state index contributed by atoms with van der Waals surface area (Å²) in [6.07, 6.45) is 6.28. The number of nitrogens with zero attached hydrogens (tertiary/aromatic N) is 1. The van der Waals surface area contributed by atoms with E-state index in [1.165, 1.54) is 56.5 Å². The average molecular weight is 468 g/mol. The first kappa shape index (κ1) is 24.0. The molecule has 0 saturated carbocycles. The maximum absolute atomic E-state index is 12.4. The van der Waals surface area contributed by atoms with Crippen LogP contribution in [0, 0.1) is 12.8 Å². The van der Waals surface area contributed by atoms with Gasteiger partial charge in [-0.1, -0.05) is 73.7 Å². The third-order valence-electron chi connectivity index (χ3n) is 7.89. The van der Waals surface area contributed by atoms with Gasteiger partial charge in [-0.3, -0.25) is 4.39 Å². The summed E-state index contributed by atoms with van der Waals surface area (Å²) in [5.41, 5.74) is 12.7. The fraction of sp³-hybridized carbons (Fsp3) is 0.394. The molecule has 5 rings (SSSR count). The number of benzene rings is 3. The molecule has 0 spiro atoms. The molecule has 35 heavy (non-hydrogen) atoms. The Morgan fingerprint density at radius 1 is 0.886 bits per heavy atom. The zero-order valence-corrected chi connectivity index (χ0v) is 21.3. The first-order valence-corrected chi connectivity index (χ1v) is 13.4. The van der Waals surface area contributed by atoms with Gasteiger partial charge < -0.3 is 4.90 Å². The highest BCUT2D eigenvalue weighted by Gasteiger charge is 2.26. The molecule has 0 unspecified atom stereocenters. The lowest BCUT2D eigenvalue weighted by Crippen LogP contribution is -2.47. The molecule has 3 aromatic rings. The van der Waals surface area contributed by atoms with Crippen LogP contribution < -0.4 is 0 Å². The molecule has 1 heterocycles. The van der Waals surface area contributed by atoms with E-state index in [4.69, 9.17) is 0 Å². The van der Waals surface area contributed by atoms with Crippen molar-refractivity contribution in [2.24, 2.45) is 5.92 Å². The predicted molar refractivity (Wildman–Crippen MR) is 147 cm³/mol. The number of fused-ring (bicyclic) bond motifs is 1. The van der Waals surface area contributed by atoms with Crippen LogP contribution in [-0.4, -0.2) is 31.2 Å². The van der Waals surface area contributed by atoms with Crippen LogP contribution in [0.3, 0.4) is 0 Å². The van der Waals surface area contributed by atoms with E-state index in [9.17, 15) is 4.39 Å². The lowest BCUT2D eigenvalue weighted by Gasteiger charge is -2.39. The maximum atomic E-state index is 12.4. The van der Waals surface area contributed by atoms with Crippen LogP contribution in [0.5, 0.6) is 0 Å². The van der Waals surface area contributed by atoms with Crippen molar-refractivity contribution in [1.82, 2.24) is 4.90 Å². The molecule has 0 radical (unpaired) electrons. The molecule has 2 aliphatic rings. The van der Waals surface area contributed by atoms with Crippen molar-refractivity contribution in [3.63, 3.8) is 0 Å². The quantitative estimate of drug-likeness (QED) is 0.328. The SMILES string of the molecule is CCc1ccc(C2=C(c3ccc(CC4CN(CCCF)C4)cc3)c3ccccc3CCC2)c(C)c1. The molecular formula is C33H38FN. The van der Waals surface area contributed by atoms with Gasteiger partial charge in [-0.25, -0.2) is 0 Å². The first-order valence-electron chi connectivity index (χ1n) is 13.4. The minimum atomic E-state index is -0.203. The van der Waals surface area contributed by atoms with E-state index < -0.39 is 0 Å². The number of aryl methyl sites for hydroxylation is 3. The molecule has 1 saturated heterocycles. The average Bonchev–Trinajstić information content (AvgIpc) is 3.05. The minimum Gasteiger partial charge on any atom is -0.303 e. The van der Waals surface area contributed by atoms with E-state index in [-0.39, 0.29) is 6.67 Å². The summed E-state index contributed by atoms with van der Waals surface area (Å²) < 4.78 is 12.4. The van der Waals surface area contributed by atoms with Crippen LogP contribution in [0.25, 0.3) is 11.1 Å². The zero-order chi connectivity index (χ0) is 24.2. The van der Waals surface area contributed by atoms with Crippen LogP contribution in [0.4, 0.5) is 4.39 Å². The van der Waals surface area contributed by atoms with Gasteiger partial charge in [0.1, 0.15) is 0 Å². The number of hydrogen-bond donors (Lipinski definition) is 0. The number of halogens is 1. The van der Waals surface area contributed by atoms with Gasteiger partial charge in [0, 0.05) is 19.6 Å². The summed E-state index contributed by atoms with van der Waals surface area (Å²) in [7, 11) is 0. The van der Waals surface area contributed by atoms with E-state index in [2.05, 4.69) is 85.5 Å². The highest BCUT2D eigenvalue weighted by Crippen LogP contribution is 2.41. The Hall–Kier alpha value is -2.71. The van der Waals surface area contributed by atoms with Gasteiger partial charge in [-0.15, -0.1) is 0 Å². The third kappa shape index (κ3) is 5.28. The highest BCUT2D eigenvalue weighted by atomic mass is 19.1. The molecule has 0 aromatic heterocycles. The molecule has 1 aliphatic heterocycles. The summed E-state index contributed by atoms with van der Waals surface area (Å²) in [6, 6.07) is 25.4. The summed E-state index contributed by atoms with van der Waals surface area (Å²) in [4.78, 5) is 2.38. The monoisotopic (exact) mass is 467 g/mol. The van der Waals surface area contributed by atoms with Crippen LogP contribution in [0.15, 0.2) is 66.7 Å². The molecule has 2 heteroatoms. The highest BCUT2D eigenvalue weighted by molar-refractivity contribution is 6.00. The van der Waals surface area contributed by atoms with Crippen molar-refractivity contribution in [3.05, 3.63) is 106 Å². The fourth-order valence-electron chi connectivity index (χ4n) is 6.02. The molecule has 0 N–H and O–H groups in total. The Morgan fingerprint density at radius 3 is 2.40 bits per heavy atom. The molecule has 3 aromatic carbocycles. The van der Waals surface area contributed by atoms with Crippen molar-refractivity contribution in [3.8, 4) is 0 Å². The molecule has 0 atom stereocenters. The van der Waals surface area contributed by atoms with Crippen molar-refractivity contribution in [2.75, 3.05) is 26.3 Å². The van der Waals surface area contributed by atoms with Gasteiger partial charge in [-0.05, 0) is 101 Å². The molecular weight excluding hydrogens is 429 g/mol. The molecule has 1 aliphatic carbocycles. The van der Waals surface area contributed by atoms with E-state index in [1.54, 1.807) is 0 Å². The number of allylic oxidation sites excluding steroid dienone is 1. The van der Waals surface area contributed by atoms with Crippen molar-refractivity contribution < 1.29 is 4.39 Å². The standard InChI is InChI=1S/C33H38FN/c1-3-25-14-17-30(24(2)20-25)32-11-6-9-28-8-4-5-10-31(28)33(32)29-15-12-26(13-16-29)21-27-22-35(23-27)19-7-18-34/h4-5,8,10,12-17,20,27H,3,6-7,9,11,18-19,21-23H2,1-2H3. The normalized spacial score (nSPS) is 16.7. The summed E-state index contributed by atoms with van der Waals surface area (Å²) in [5.74, 6) is 0.702. The second-order valence-electron chi connectivity index (χ2n) is 10.4. The Kier molecular flexibility index (Phi) is 7.48. The first-order chi connectivity index (χ1) is 17.2. The van der Waals surface area contributed by atoms with Gasteiger partial charge in [0.05, 0.1) is 6.67 Å². The van der Waals surface area contributed by atoms with Gasteiger partial charge >= 0.3 is 0 Å². The van der Waals surface area contributed by atoms with Gasteiger partial charge in [0.15, 0.2) is 0 Å². The lowest BCUT2D eigenvalue weighted by molar-refractivity contribution is 0.0968. The smallest absolute Gasteiger partial charge is 0.0906 e. The van der Waals surface area contributed by atoms with E-state index in [0.29, 0.717) is 12.3 Å². The number of likely N-dealkylation sites (tertiary alicyclic amines) is 1. The van der Waals surface area contributed by atoms with Crippen molar-refractivity contribution in [2.45, 2.75) is 52.4 Å². The summed E-state index contributed by atoms with van der Waals surface area (Å²) in [5, 5.41) is 0. The van der Waals surface area contributed by atoms with E-state index in [0.717, 1.165) is 45.3 Å². The Labute approximate surface area is 210 Å². The fourth-order valence-corrected chi connectivity index (χ4v) is 6.02. The van der Waals surface area contributed by atoms with E-state index in [1.807, 2.05) is 0 Å². The van der Waals surface area contributed by atoms with E-state index >= 15 is 0 Å². The second kappa shape index (κ2) is 10.9. The largest absolute Gasteiger partial charge is 0.303 e. The number of hydrogen-bond acceptors (Lipinski definition) is 1. The van der Waals surface area contributed by atoms with Crippen molar-refractivity contribution in [1.29, 1.82) is 0 Å². The third-order valence-corrected chi connectivity index (χ3v) is 7.89. The summed E-state index contributed by atoms with van der Waals surface area (Å²) in [6.45, 7) is 7.42. The van der Waals surface area contributed by atoms with Crippen LogP contribution >= 0.6 is 0 Å².